The maximum Gasteiger partial charge on any atom is 0.338 e. The van der Waals surface area contributed by atoms with Crippen LogP contribution in [0.4, 0.5) is 11.4 Å². The van der Waals surface area contributed by atoms with Gasteiger partial charge in [-0.3, -0.25) is 19.3 Å². The first-order valence-corrected chi connectivity index (χ1v) is 13.0. The second kappa shape index (κ2) is 12.0. The predicted molar refractivity (Wildman–Crippen MR) is 139 cm³/mol. The molecule has 0 radical (unpaired) electrons. The molecular formula is C29H32N2O7. The van der Waals surface area contributed by atoms with Crippen LogP contribution < -0.4 is 10.2 Å². The number of hydrogen-bond donors (Lipinski definition) is 1. The number of ether oxygens (including phenoxy) is 2. The molecular weight excluding hydrogens is 488 g/mol. The number of carbonyl (C=O) groups is 5. The molecule has 2 aromatic rings. The van der Waals surface area contributed by atoms with Crippen molar-refractivity contribution in [2.45, 2.75) is 46.0 Å². The Labute approximate surface area is 221 Å². The van der Waals surface area contributed by atoms with Crippen LogP contribution >= 0.6 is 0 Å². The molecule has 1 aliphatic heterocycles. The number of amides is 3. The molecule has 2 fully saturated rings. The molecule has 1 aliphatic carbocycles. The van der Waals surface area contributed by atoms with Gasteiger partial charge < -0.3 is 14.8 Å². The van der Waals surface area contributed by atoms with Gasteiger partial charge in [-0.1, -0.05) is 20.3 Å². The second-order valence-electron chi connectivity index (χ2n) is 9.88. The van der Waals surface area contributed by atoms with Gasteiger partial charge in [0.1, 0.15) is 0 Å². The molecule has 38 heavy (non-hydrogen) atoms. The zero-order valence-electron chi connectivity index (χ0n) is 21.6. The lowest BCUT2D eigenvalue weighted by atomic mass is 9.76. The topological polar surface area (TPSA) is 119 Å². The van der Waals surface area contributed by atoms with Crippen LogP contribution in [0.1, 0.15) is 66.7 Å². The van der Waals surface area contributed by atoms with E-state index in [2.05, 4.69) is 12.2 Å². The van der Waals surface area contributed by atoms with Gasteiger partial charge in [-0.25, -0.2) is 9.59 Å². The van der Waals surface area contributed by atoms with Gasteiger partial charge in [0.15, 0.2) is 6.61 Å². The average molecular weight is 521 g/mol. The molecule has 0 aromatic heterocycles. The summed E-state index contributed by atoms with van der Waals surface area (Å²) in [7, 11) is 0. The van der Waals surface area contributed by atoms with E-state index in [1.165, 1.54) is 17.0 Å². The van der Waals surface area contributed by atoms with Crippen molar-refractivity contribution in [2.75, 3.05) is 23.4 Å². The summed E-state index contributed by atoms with van der Waals surface area (Å²) in [5.41, 5.74) is 1.43. The van der Waals surface area contributed by atoms with Gasteiger partial charge in [-0.05, 0) is 80.1 Å². The zero-order valence-corrected chi connectivity index (χ0v) is 21.6. The molecule has 4 rings (SSSR count). The van der Waals surface area contributed by atoms with E-state index in [0.29, 0.717) is 35.9 Å². The minimum absolute atomic E-state index is 0.180. The third-order valence-electron chi connectivity index (χ3n) is 7.02. The third-order valence-corrected chi connectivity index (χ3v) is 7.02. The first-order chi connectivity index (χ1) is 18.3. The number of nitrogens with zero attached hydrogens (tertiary/aromatic N) is 1. The summed E-state index contributed by atoms with van der Waals surface area (Å²) >= 11 is 0. The minimum Gasteiger partial charge on any atom is -0.462 e. The van der Waals surface area contributed by atoms with Crippen LogP contribution in [-0.4, -0.2) is 42.9 Å². The fourth-order valence-corrected chi connectivity index (χ4v) is 4.88. The lowest BCUT2D eigenvalue weighted by Gasteiger charge is -2.25. The smallest absolute Gasteiger partial charge is 0.338 e. The zero-order chi connectivity index (χ0) is 27.2. The summed E-state index contributed by atoms with van der Waals surface area (Å²) in [6.45, 7) is 3.95. The van der Waals surface area contributed by atoms with Crippen molar-refractivity contribution in [1.29, 1.82) is 0 Å². The van der Waals surface area contributed by atoms with Crippen LogP contribution in [0.3, 0.4) is 0 Å². The van der Waals surface area contributed by atoms with E-state index >= 15 is 0 Å². The van der Waals surface area contributed by atoms with E-state index in [9.17, 15) is 24.0 Å². The molecule has 1 N–H and O–H groups in total. The summed E-state index contributed by atoms with van der Waals surface area (Å²) in [5.74, 6) is -2.16. The van der Waals surface area contributed by atoms with Gasteiger partial charge in [-0.2, -0.15) is 0 Å². The maximum atomic E-state index is 12.9. The van der Waals surface area contributed by atoms with Crippen LogP contribution in [0.5, 0.6) is 0 Å². The summed E-state index contributed by atoms with van der Waals surface area (Å²) in [4.78, 5) is 63.6. The number of fused-ring (bicyclic) bond motifs is 1. The van der Waals surface area contributed by atoms with E-state index in [-0.39, 0.29) is 29.2 Å². The Kier molecular flexibility index (Phi) is 8.55. The molecule has 9 nitrogen and oxygen atoms in total. The third kappa shape index (κ3) is 6.10. The highest BCUT2D eigenvalue weighted by atomic mass is 16.5. The van der Waals surface area contributed by atoms with Gasteiger partial charge in [0.25, 0.3) is 5.91 Å². The summed E-state index contributed by atoms with van der Waals surface area (Å²) < 4.78 is 10.3. The summed E-state index contributed by atoms with van der Waals surface area (Å²) in [5, 5.41) is 2.60. The molecule has 3 amide bonds. The number of unbranched alkanes of at least 4 members (excludes halogenated alkanes) is 1. The fourth-order valence-electron chi connectivity index (χ4n) is 4.88. The van der Waals surface area contributed by atoms with Gasteiger partial charge in [0, 0.05) is 5.69 Å². The Balaban J connectivity index is 1.27. The van der Waals surface area contributed by atoms with Crippen LogP contribution in [0.2, 0.25) is 0 Å². The number of anilines is 2. The predicted octanol–water partition coefficient (Wildman–Crippen LogP) is 4.36. The van der Waals surface area contributed by atoms with Crippen molar-refractivity contribution in [2.24, 2.45) is 17.8 Å². The fraction of sp³-hybridized carbons (Fsp3) is 0.414. The monoisotopic (exact) mass is 520 g/mol. The van der Waals surface area contributed by atoms with Crippen LogP contribution in [-0.2, 0) is 23.9 Å². The van der Waals surface area contributed by atoms with Crippen molar-refractivity contribution in [1.82, 2.24) is 0 Å². The lowest BCUT2D eigenvalue weighted by molar-refractivity contribution is -0.122. The molecule has 2 aromatic carbocycles. The molecule has 1 saturated heterocycles. The normalized spacial score (nSPS) is 20.6. The van der Waals surface area contributed by atoms with Gasteiger partial charge in [0.05, 0.1) is 35.3 Å². The van der Waals surface area contributed by atoms with Crippen LogP contribution in [0, 0.1) is 17.8 Å². The van der Waals surface area contributed by atoms with Gasteiger partial charge in [0.2, 0.25) is 11.8 Å². The van der Waals surface area contributed by atoms with Crippen LogP contribution in [0.15, 0.2) is 48.5 Å². The number of nitrogens with one attached hydrogen (secondary N) is 1. The van der Waals surface area contributed by atoms with Crippen molar-refractivity contribution >= 4 is 41.0 Å². The second-order valence-corrected chi connectivity index (χ2v) is 9.88. The van der Waals surface area contributed by atoms with E-state index in [4.69, 9.17) is 9.47 Å². The summed E-state index contributed by atoms with van der Waals surface area (Å²) in [6, 6.07) is 12.2. The van der Waals surface area contributed by atoms with Crippen molar-refractivity contribution in [3.05, 3.63) is 59.7 Å². The molecule has 9 heteroatoms. The van der Waals surface area contributed by atoms with E-state index in [1.54, 1.807) is 36.4 Å². The number of esters is 2. The SMILES string of the molecule is CCCCOC(=O)c1ccc(NC(=O)COC(=O)c2ccc(N3C(=O)[C@H]4C[C@@H](C)CC[C@H]4C3=O)cc2)cc1. The van der Waals surface area contributed by atoms with Crippen molar-refractivity contribution in [3.63, 3.8) is 0 Å². The number of benzene rings is 2. The molecule has 1 saturated carbocycles. The Morgan fingerprint density at radius 2 is 1.47 bits per heavy atom. The maximum absolute atomic E-state index is 12.9. The Morgan fingerprint density at radius 1 is 0.868 bits per heavy atom. The van der Waals surface area contributed by atoms with Crippen molar-refractivity contribution < 1.29 is 33.4 Å². The first-order valence-electron chi connectivity index (χ1n) is 13.0. The molecule has 0 unspecified atom stereocenters. The molecule has 0 spiro atoms. The minimum atomic E-state index is -0.710. The van der Waals surface area contributed by atoms with Crippen molar-refractivity contribution in [3.8, 4) is 0 Å². The highest BCUT2D eigenvalue weighted by Gasteiger charge is 2.49. The van der Waals surface area contributed by atoms with E-state index in [0.717, 1.165) is 25.7 Å². The standard InChI is InChI=1S/C29H32N2O7/c1-3-4-15-37-28(35)19-6-10-21(11-7-19)30-25(32)17-38-29(36)20-8-12-22(13-9-20)31-26(33)23-14-5-18(2)16-24(23)27(31)34/h6-13,18,23-24H,3-5,14-17H2,1-2H3,(H,30,32)/t18-,23+,24-/m0/s1. The number of imide groups is 1. The summed E-state index contributed by atoms with van der Waals surface area (Å²) in [6.07, 6.45) is 4.09. The Hall–Kier alpha value is -4.01. The molecule has 1 heterocycles. The molecule has 2 aliphatic rings. The van der Waals surface area contributed by atoms with E-state index in [1.807, 2.05) is 6.92 Å². The number of carbonyl (C=O) groups excluding carboxylic acids is 5. The largest absolute Gasteiger partial charge is 0.462 e. The quantitative estimate of drug-likeness (QED) is 0.296. The van der Waals surface area contributed by atoms with Gasteiger partial charge in [-0.15, -0.1) is 0 Å². The Bertz CT molecular complexity index is 1210. The number of hydrogen-bond acceptors (Lipinski definition) is 7. The number of rotatable bonds is 9. The molecule has 200 valence electrons. The Morgan fingerprint density at radius 3 is 2.13 bits per heavy atom. The highest BCUT2D eigenvalue weighted by Crippen LogP contribution is 2.42. The lowest BCUT2D eigenvalue weighted by Crippen LogP contribution is -2.30. The van der Waals surface area contributed by atoms with Crippen LogP contribution in [0.25, 0.3) is 0 Å². The molecule has 0 bridgehead atoms. The van der Waals surface area contributed by atoms with E-state index < -0.39 is 24.5 Å². The first kappa shape index (κ1) is 27.0. The average Bonchev–Trinajstić information content (AvgIpc) is 3.16. The van der Waals surface area contributed by atoms with Gasteiger partial charge >= 0.3 is 11.9 Å². The molecule has 3 atom stereocenters. The highest BCUT2D eigenvalue weighted by molar-refractivity contribution is 6.22.